The largest absolute Gasteiger partial charge is 0.394 e. The summed E-state index contributed by atoms with van der Waals surface area (Å²) in [6.07, 6.45) is 0.719. The molecule has 86 valence electrons. The highest BCUT2D eigenvalue weighted by Gasteiger charge is 2.30. The smallest absolute Gasteiger partial charge is 0.246 e. The standard InChI is InChI=1S/C9H17N3O3/c1-4-9(2,14-3)8-11-7(15-12-8)6(10)5-13/h6,13H,4-5,10H2,1-3H3/t6-,9?/m0/s1. The van der Waals surface area contributed by atoms with Gasteiger partial charge in [-0.3, -0.25) is 0 Å². The van der Waals surface area contributed by atoms with E-state index in [1.54, 1.807) is 7.11 Å². The van der Waals surface area contributed by atoms with E-state index in [2.05, 4.69) is 10.1 Å². The van der Waals surface area contributed by atoms with Crippen LogP contribution in [0.5, 0.6) is 0 Å². The van der Waals surface area contributed by atoms with Crippen LogP contribution in [0, 0.1) is 0 Å². The maximum absolute atomic E-state index is 8.83. The second-order valence-electron chi connectivity index (χ2n) is 3.53. The van der Waals surface area contributed by atoms with Crippen LogP contribution in [0.4, 0.5) is 0 Å². The van der Waals surface area contributed by atoms with Gasteiger partial charge in [0.05, 0.1) is 6.61 Å². The topological polar surface area (TPSA) is 94.4 Å². The molecule has 3 N–H and O–H groups in total. The Bertz CT molecular complexity index is 309. The molecule has 0 radical (unpaired) electrons. The van der Waals surface area contributed by atoms with Gasteiger partial charge in [-0.2, -0.15) is 4.98 Å². The van der Waals surface area contributed by atoms with E-state index in [1.165, 1.54) is 0 Å². The van der Waals surface area contributed by atoms with Gasteiger partial charge in [0.1, 0.15) is 11.6 Å². The van der Waals surface area contributed by atoms with Crippen LogP contribution < -0.4 is 5.73 Å². The van der Waals surface area contributed by atoms with E-state index < -0.39 is 11.6 Å². The number of aliphatic hydroxyl groups excluding tert-OH is 1. The first kappa shape index (κ1) is 12.1. The molecule has 0 spiro atoms. The molecular formula is C9H17N3O3. The van der Waals surface area contributed by atoms with E-state index in [9.17, 15) is 0 Å². The van der Waals surface area contributed by atoms with E-state index in [-0.39, 0.29) is 12.5 Å². The summed E-state index contributed by atoms with van der Waals surface area (Å²) in [6.45, 7) is 3.61. The minimum absolute atomic E-state index is 0.225. The van der Waals surface area contributed by atoms with Crippen LogP contribution in [0.1, 0.15) is 38.0 Å². The van der Waals surface area contributed by atoms with E-state index in [4.69, 9.17) is 20.1 Å². The molecule has 0 aliphatic rings. The molecule has 1 heterocycles. The third-order valence-electron chi connectivity index (χ3n) is 2.55. The summed E-state index contributed by atoms with van der Waals surface area (Å²) >= 11 is 0. The minimum atomic E-state index is -0.635. The molecule has 1 aromatic rings. The number of methoxy groups -OCH3 is 1. The molecule has 15 heavy (non-hydrogen) atoms. The molecule has 2 atom stereocenters. The van der Waals surface area contributed by atoms with Crippen LogP contribution in [-0.2, 0) is 10.3 Å². The van der Waals surface area contributed by atoms with Crippen LogP contribution in [0.25, 0.3) is 0 Å². The van der Waals surface area contributed by atoms with Crippen molar-refractivity contribution in [2.24, 2.45) is 5.73 Å². The number of ether oxygens (including phenoxy) is 1. The Labute approximate surface area is 88.4 Å². The molecule has 0 saturated heterocycles. The number of nitrogens with two attached hydrogens (primary N) is 1. The summed E-state index contributed by atoms with van der Waals surface area (Å²) in [5.41, 5.74) is 4.97. The van der Waals surface area contributed by atoms with Crippen LogP contribution >= 0.6 is 0 Å². The third-order valence-corrected chi connectivity index (χ3v) is 2.55. The van der Waals surface area contributed by atoms with E-state index in [0.717, 1.165) is 6.42 Å². The molecule has 0 amide bonds. The van der Waals surface area contributed by atoms with E-state index in [1.807, 2.05) is 13.8 Å². The van der Waals surface area contributed by atoms with Crippen molar-refractivity contribution in [3.8, 4) is 0 Å². The average molecular weight is 215 g/mol. The fourth-order valence-electron chi connectivity index (χ4n) is 1.07. The number of aliphatic hydroxyl groups is 1. The highest BCUT2D eigenvalue weighted by atomic mass is 16.5. The summed E-state index contributed by atoms with van der Waals surface area (Å²) in [6, 6.07) is -0.635. The van der Waals surface area contributed by atoms with Gasteiger partial charge in [0, 0.05) is 7.11 Å². The zero-order valence-electron chi connectivity index (χ0n) is 9.23. The summed E-state index contributed by atoms with van der Waals surface area (Å²) in [5.74, 6) is 0.677. The van der Waals surface area contributed by atoms with Crippen LogP contribution in [-0.4, -0.2) is 29.0 Å². The number of aromatic nitrogens is 2. The third kappa shape index (κ3) is 2.34. The monoisotopic (exact) mass is 215 g/mol. The Morgan fingerprint density at radius 1 is 1.67 bits per heavy atom. The van der Waals surface area contributed by atoms with Gasteiger partial charge in [0.2, 0.25) is 11.7 Å². The van der Waals surface area contributed by atoms with Crippen molar-refractivity contribution >= 4 is 0 Å². The quantitative estimate of drug-likeness (QED) is 0.735. The molecule has 0 aromatic carbocycles. The molecule has 0 aliphatic carbocycles. The van der Waals surface area contributed by atoms with Crippen molar-refractivity contribution in [1.29, 1.82) is 0 Å². The fourth-order valence-corrected chi connectivity index (χ4v) is 1.07. The van der Waals surface area contributed by atoms with Gasteiger partial charge < -0.3 is 20.1 Å². The molecule has 0 saturated carbocycles. The zero-order valence-corrected chi connectivity index (χ0v) is 9.23. The fraction of sp³-hybridized carbons (Fsp3) is 0.778. The normalized spacial score (nSPS) is 17.4. The lowest BCUT2D eigenvalue weighted by molar-refractivity contribution is -0.0106. The number of nitrogens with zero attached hydrogens (tertiary/aromatic N) is 2. The first-order valence-corrected chi connectivity index (χ1v) is 4.83. The van der Waals surface area contributed by atoms with Crippen molar-refractivity contribution in [1.82, 2.24) is 10.1 Å². The molecule has 0 bridgehead atoms. The SMILES string of the molecule is CCC(C)(OC)c1noc([C@@H](N)CO)n1. The Balaban J connectivity index is 2.92. The first-order chi connectivity index (χ1) is 7.07. The minimum Gasteiger partial charge on any atom is -0.394 e. The maximum atomic E-state index is 8.83. The van der Waals surface area contributed by atoms with Gasteiger partial charge in [-0.05, 0) is 13.3 Å². The Morgan fingerprint density at radius 3 is 2.80 bits per heavy atom. The Morgan fingerprint density at radius 2 is 2.33 bits per heavy atom. The van der Waals surface area contributed by atoms with E-state index in [0.29, 0.717) is 5.82 Å². The zero-order chi connectivity index (χ0) is 11.5. The second-order valence-corrected chi connectivity index (χ2v) is 3.53. The lowest BCUT2D eigenvalue weighted by Crippen LogP contribution is -2.25. The number of hydrogen-bond donors (Lipinski definition) is 2. The van der Waals surface area contributed by atoms with Gasteiger partial charge in [-0.25, -0.2) is 0 Å². The Kier molecular flexibility index (Phi) is 3.78. The van der Waals surface area contributed by atoms with Gasteiger partial charge in [0.25, 0.3) is 0 Å². The molecule has 6 nitrogen and oxygen atoms in total. The van der Waals surface area contributed by atoms with Gasteiger partial charge in [-0.1, -0.05) is 12.1 Å². The summed E-state index contributed by atoms with van der Waals surface area (Å²) < 4.78 is 10.3. The lowest BCUT2D eigenvalue weighted by Gasteiger charge is -2.21. The summed E-state index contributed by atoms with van der Waals surface area (Å²) in [4.78, 5) is 4.11. The summed E-state index contributed by atoms with van der Waals surface area (Å²) in [7, 11) is 1.59. The highest BCUT2D eigenvalue weighted by molar-refractivity contribution is 5.00. The molecule has 1 unspecified atom stereocenters. The molecule has 0 aliphatic heterocycles. The average Bonchev–Trinajstić information content (AvgIpc) is 2.76. The van der Waals surface area contributed by atoms with Crippen molar-refractivity contribution in [2.45, 2.75) is 31.9 Å². The van der Waals surface area contributed by atoms with Crippen molar-refractivity contribution < 1.29 is 14.4 Å². The van der Waals surface area contributed by atoms with Crippen LogP contribution in [0.15, 0.2) is 4.52 Å². The summed E-state index contributed by atoms with van der Waals surface area (Å²) in [5, 5.41) is 12.6. The lowest BCUT2D eigenvalue weighted by atomic mass is 10.0. The second kappa shape index (κ2) is 4.69. The van der Waals surface area contributed by atoms with Gasteiger partial charge in [-0.15, -0.1) is 0 Å². The molecule has 1 rings (SSSR count). The highest BCUT2D eigenvalue weighted by Crippen LogP contribution is 2.26. The van der Waals surface area contributed by atoms with E-state index >= 15 is 0 Å². The Hall–Kier alpha value is -0.980. The predicted molar refractivity (Wildman–Crippen MR) is 53.0 cm³/mol. The van der Waals surface area contributed by atoms with Crippen molar-refractivity contribution in [3.05, 3.63) is 11.7 Å². The van der Waals surface area contributed by atoms with Gasteiger partial charge >= 0.3 is 0 Å². The number of hydrogen-bond acceptors (Lipinski definition) is 6. The van der Waals surface area contributed by atoms with Crippen LogP contribution in [0.2, 0.25) is 0 Å². The molecule has 6 heteroatoms. The van der Waals surface area contributed by atoms with Gasteiger partial charge in [0.15, 0.2) is 0 Å². The molecule has 0 fully saturated rings. The first-order valence-electron chi connectivity index (χ1n) is 4.83. The van der Waals surface area contributed by atoms with Crippen molar-refractivity contribution in [2.75, 3.05) is 13.7 Å². The predicted octanol–water partition coefficient (Wildman–Crippen LogP) is 0.333. The van der Waals surface area contributed by atoms with Crippen LogP contribution in [0.3, 0.4) is 0 Å². The number of rotatable bonds is 5. The molecular weight excluding hydrogens is 198 g/mol. The maximum Gasteiger partial charge on any atom is 0.246 e. The molecule has 1 aromatic heterocycles. The van der Waals surface area contributed by atoms with Crippen molar-refractivity contribution in [3.63, 3.8) is 0 Å².